The summed E-state index contributed by atoms with van der Waals surface area (Å²) in [5.74, 6) is 0.674. The van der Waals surface area contributed by atoms with Gasteiger partial charge in [-0.3, -0.25) is 0 Å². The van der Waals surface area contributed by atoms with Crippen molar-refractivity contribution in [2.24, 2.45) is 0 Å². The smallest absolute Gasteiger partial charge is 0.341 e. The third kappa shape index (κ3) is 2.36. The number of rotatable bonds is 2. The summed E-state index contributed by atoms with van der Waals surface area (Å²) in [4.78, 5) is 4.19. The lowest BCUT2D eigenvalue weighted by molar-refractivity contribution is 0.428. The second-order valence-electron chi connectivity index (χ2n) is 3.30. The third-order valence-electron chi connectivity index (χ3n) is 2.11. The van der Waals surface area contributed by atoms with Gasteiger partial charge in [0.25, 0.3) is 0 Å². The van der Waals surface area contributed by atoms with Gasteiger partial charge in [-0.15, -0.1) is 5.10 Å². The van der Waals surface area contributed by atoms with E-state index in [-0.39, 0.29) is 6.01 Å². The van der Waals surface area contributed by atoms with Gasteiger partial charge < -0.3 is 4.74 Å². The Hall–Kier alpha value is -1.49. The molecule has 0 fully saturated rings. The molecule has 82 valence electrons. The van der Waals surface area contributed by atoms with Crippen LogP contribution in [0.1, 0.15) is 11.4 Å². The molecule has 5 heteroatoms. The molecule has 0 bridgehead atoms. The van der Waals surface area contributed by atoms with Crippen molar-refractivity contribution >= 4 is 15.9 Å². The van der Waals surface area contributed by atoms with Gasteiger partial charge in [0.2, 0.25) is 0 Å². The molecule has 1 aromatic heterocycles. The van der Waals surface area contributed by atoms with E-state index in [9.17, 15) is 0 Å². The first-order valence-electron chi connectivity index (χ1n) is 4.77. The average Bonchev–Trinajstić information content (AvgIpc) is 2.27. The predicted molar refractivity (Wildman–Crippen MR) is 63.5 cm³/mol. The zero-order valence-electron chi connectivity index (χ0n) is 8.94. The number of hydrogen-bond donors (Lipinski definition) is 0. The zero-order valence-corrected chi connectivity index (χ0v) is 10.5. The quantitative estimate of drug-likeness (QED) is 0.848. The lowest BCUT2D eigenvalue weighted by atomic mass is 10.3. The molecule has 0 aliphatic rings. The number of aryl methyl sites for hydroxylation is 2. The van der Waals surface area contributed by atoms with Gasteiger partial charge in [0, 0.05) is 0 Å². The minimum absolute atomic E-state index is 0.259. The molecule has 0 aliphatic carbocycles. The van der Waals surface area contributed by atoms with Crippen molar-refractivity contribution in [1.82, 2.24) is 15.2 Å². The molecule has 0 saturated heterocycles. The molecular weight excluding hydrogens is 270 g/mol. The summed E-state index contributed by atoms with van der Waals surface area (Å²) in [7, 11) is 0. The Morgan fingerprint density at radius 2 is 1.81 bits per heavy atom. The van der Waals surface area contributed by atoms with Gasteiger partial charge in [-0.05, 0) is 41.9 Å². The average molecular weight is 280 g/mol. The Bertz CT molecular complexity index is 516. The van der Waals surface area contributed by atoms with Crippen molar-refractivity contribution in [2.45, 2.75) is 13.8 Å². The van der Waals surface area contributed by atoms with Gasteiger partial charge in [-0.2, -0.15) is 4.98 Å². The highest BCUT2D eigenvalue weighted by Crippen LogP contribution is 2.27. The van der Waals surface area contributed by atoms with Gasteiger partial charge in [0.05, 0.1) is 15.9 Å². The van der Waals surface area contributed by atoms with Crippen LogP contribution in [0.5, 0.6) is 11.8 Å². The number of ether oxygens (including phenoxy) is 1. The SMILES string of the molecule is Cc1nnc(Oc2ccccc2Br)nc1C. The molecule has 4 nitrogen and oxygen atoms in total. The van der Waals surface area contributed by atoms with Crippen LogP contribution >= 0.6 is 15.9 Å². The highest BCUT2D eigenvalue weighted by Gasteiger charge is 2.06. The molecule has 0 saturated carbocycles. The van der Waals surface area contributed by atoms with Crippen LogP contribution < -0.4 is 4.74 Å². The fourth-order valence-corrected chi connectivity index (χ4v) is 1.47. The molecule has 0 unspecified atom stereocenters. The lowest BCUT2D eigenvalue weighted by Crippen LogP contribution is -1.99. The van der Waals surface area contributed by atoms with Crippen LogP contribution in [0.3, 0.4) is 0 Å². The second-order valence-corrected chi connectivity index (χ2v) is 4.15. The molecule has 0 atom stereocenters. The molecule has 0 N–H and O–H groups in total. The van der Waals surface area contributed by atoms with Crippen molar-refractivity contribution in [3.05, 3.63) is 40.1 Å². The van der Waals surface area contributed by atoms with Crippen LogP contribution in [0.25, 0.3) is 0 Å². The van der Waals surface area contributed by atoms with E-state index in [1.54, 1.807) is 0 Å². The fraction of sp³-hybridized carbons (Fsp3) is 0.182. The summed E-state index contributed by atoms with van der Waals surface area (Å²) in [5.41, 5.74) is 1.62. The molecule has 0 spiro atoms. The standard InChI is InChI=1S/C11H10BrN3O/c1-7-8(2)14-15-11(13-7)16-10-6-4-3-5-9(10)12/h3-6H,1-2H3. The van der Waals surface area contributed by atoms with Crippen molar-refractivity contribution in [3.8, 4) is 11.8 Å². The van der Waals surface area contributed by atoms with E-state index >= 15 is 0 Å². The third-order valence-corrected chi connectivity index (χ3v) is 2.77. The van der Waals surface area contributed by atoms with E-state index in [1.165, 1.54) is 0 Å². The van der Waals surface area contributed by atoms with Crippen molar-refractivity contribution < 1.29 is 4.74 Å². The van der Waals surface area contributed by atoms with Gasteiger partial charge in [-0.1, -0.05) is 17.2 Å². The second kappa shape index (κ2) is 4.57. The van der Waals surface area contributed by atoms with Crippen LogP contribution in [0.15, 0.2) is 28.7 Å². The first-order chi connectivity index (χ1) is 7.66. The maximum absolute atomic E-state index is 5.51. The number of hydrogen-bond acceptors (Lipinski definition) is 4. The molecule has 2 rings (SSSR count). The van der Waals surface area contributed by atoms with Crippen LogP contribution in [0.2, 0.25) is 0 Å². The summed E-state index contributed by atoms with van der Waals surface area (Å²) in [5, 5.41) is 7.82. The summed E-state index contributed by atoms with van der Waals surface area (Å²) in [6.07, 6.45) is 0. The minimum atomic E-state index is 0.259. The molecule has 2 aromatic rings. The number of benzene rings is 1. The molecule has 1 aromatic carbocycles. The van der Waals surface area contributed by atoms with Crippen LogP contribution in [0, 0.1) is 13.8 Å². The maximum Gasteiger partial charge on any atom is 0.341 e. The molecule has 16 heavy (non-hydrogen) atoms. The zero-order chi connectivity index (χ0) is 11.5. The molecule has 1 heterocycles. The molecule has 0 amide bonds. The number of halogens is 1. The normalized spacial score (nSPS) is 10.2. The van der Waals surface area contributed by atoms with E-state index in [4.69, 9.17) is 4.74 Å². The minimum Gasteiger partial charge on any atom is -0.422 e. The van der Waals surface area contributed by atoms with E-state index in [1.807, 2.05) is 38.1 Å². The van der Waals surface area contributed by atoms with Gasteiger partial charge in [0.15, 0.2) is 0 Å². The summed E-state index contributed by atoms with van der Waals surface area (Å²) >= 11 is 3.39. The van der Waals surface area contributed by atoms with E-state index in [2.05, 4.69) is 31.1 Å². The summed E-state index contributed by atoms with van der Waals surface area (Å²) in [6.45, 7) is 3.73. The van der Waals surface area contributed by atoms with Crippen LogP contribution in [-0.2, 0) is 0 Å². The van der Waals surface area contributed by atoms with Crippen LogP contribution in [0.4, 0.5) is 0 Å². The highest BCUT2D eigenvalue weighted by atomic mass is 79.9. The Labute approximate surface area is 102 Å². The largest absolute Gasteiger partial charge is 0.422 e. The fourth-order valence-electron chi connectivity index (χ4n) is 1.11. The molecular formula is C11H10BrN3O. The summed E-state index contributed by atoms with van der Waals surface area (Å²) in [6, 6.07) is 7.78. The van der Waals surface area contributed by atoms with E-state index in [0.29, 0.717) is 5.75 Å². The van der Waals surface area contributed by atoms with Crippen molar-refractivity contribution in [3.63, 3.8) is 0 Å². The first-order valence-corrected chi connectivity index (χ1v) is 5.56. The van der Waals surface area contributed by atoms with Crippen molar-refractivity contribution in [2.75, 3.05) is 0 Å². The Balaban J connectivity index is 2.28. The van der Waals surface area contributed by atoms with E-state index in [0.717, 1.165) is 15.9 Å². The van der Waals surface area contributed by atoms with Gasteiger partial charge >= 0.3 is 6.01 Å². The van der Waals surface area contributed by atoms with E-state index < -0.39 is 0 Å². The van der Waals surface area contributed by atoms with Crippen LogP contribution in [-0.4, -0.2) is 15.2 Å². The first kappa shape index (κ1) is 11.0. The number of aromatic nitrogens is 3. The molecule has 0 radical (unpaired) electrons. The topological polar surface area (TPSA) is 47.9 Å². The van der Waals surface area contributed by atoms with Gasteiger partial charge in [0.1, 0.15) is 5.75 Å². The number of nitrogens with zero attached hydrogens (tertiary/aromatic N) is 3. The Kier molecular flexibility index (Phi) is 3.14. The summed E-state index contributed by atoms with van der Waals surface area (Å²) < 4.78 is 6.37. The number of para-hydroxylation sites is 1. The van der Waals surface area contributed by atoms with Gasteiger partial charge in [-0.25, -0.2) is 0 Å². The highest BCUT2D eigenvalue weighted by molar-refractivity contribution is 9.10. The monoisotopic (exact) mass is 279 g/mol. The van der Waals surface area contributed by atoms with Crippen molar-refractivity contribution in [1.29, 1.82) is 0 Å². The molecule has 0 aliphatic heterocycles. The Morgan fingerprint density at radius 3 is 2.50 bits per heavy atom. The lowest BCUT2D eigenvalue weighted by Gasteiger charge is -2.05. The predicted octanol–water partition coefficient (Wildman–Crippen LogP) is 3.04. The maximum atomic E-state index is 5.51. The Morgan fingerprint density at radius 1 is 1.06 bits per heavy atom.